The van der Waals surface area contributed by atoms with Gasteiger partial charge in [0.15, 0.2) is 0 Å². The monoisotopic (exact) mass is 236 g/mol. The first-order chi connectivity index (χ1) is 8.17. The van der Waals surface area contributed by atoms with Crippen LogP contribution in [0.25, 0.3) is 0 Å². The van der Waals surface area contributed by atoms with E-state index in [0.29, 0.717) is 0 Å². The molecule has 1 aromatic carbocycles. The molecular formula is C14H24N2O. The van der Waals surface area contributed by atoms with Gasteiger partial charge >= 0.3 is 0 Å². The number of unbranched alkanes of at least 4 members (excludes halogenated alkanes) is 1. The van der Waals surface area contributed by atoms with Gasteiger partial charge in [-0.2, -0.15) is 0 Å². The minimum absolute atomic E-state index is 0.920. The van der Waals surface area contributed by atoms with Gasteiger partial charge in [-0.05, 0) is 38.2 Å². The third-order valence-corrected chi connectivity index (χ3v) is 2.61. The van der Waals surface area contributed by atoms with Crippen molar-refractivity contribution < 1.29 is 4.74 Å². The van der Waals surface area contributed by atoms with Crippen molar-refractivity contribution in [3.63, 3.8) is 0 Å². The molecule has 96 valence electrons. The first kappa shape index (κ1) is 13.8. The van der Waals surface area contributed by atoms with E-state index in [9.17, 15) is 0 Å². The molecule has 1 rings (SSSR count). The Hall–Kier alpha value is -1.22. The number of hydrogen-bond acceptors (Lipinski definition) is 3. The van der Waals surface area contributed by atoms with Crippen molar-refractivity contribution in [1.82, 2.24) is 4.90 Å². The molecule has 0 aliphatic rings. The number of methoxy groups -OCH3 is 1. The van der Waals surface area contributed by atoms with E-state index in [-0.39, 0.29) is 0 Å². The zero-order valence-corrected chi connectivity index (χ0v) is 11.4. The van der Waals surface area contributed by atoms with Gasteiger partial charge in [0, 0.05) is 13.1 Å². The Labute approximate surface area is 105 Å². The third kappa shape index (κ3) is 4.65. The zero-order chi connectivity index (χ0) is 12.7. The van der Waals surface area contributed by atoms with E-state index in [1.54, 1.807) is 7.11 Å². The van der Waals surface area contributed by atoms with E-state index < -0.39 is 0 Å². The molecule has 0 saturated carbocycles. The fourth-order valence-electron chi connectivity index (χ4n) is 1.76. The molecule has 1 N–H and O–H groups in total. The molecule has 0 aromatic heterocycles. The van der Waals surface area contributed by atoms with Crippen LogP contribution in [-0.2, 0) is 6.54 Å². The van der Waals surface area contributed by atoms with Crippen LogP contribution >= 0.6 is 0 Å². The Bertz CT molecular complexity index is 337. The van der Waals surface area contributed by atoms with Gasteiger partial charge in [0.2, 0.25) is 0 Å². The van der Waals surface area contributed by atoms with Gasteiger partial charge < -0.3 is 15.0 Å². The molecule has 3 nitrogen and oxygen atoms in total. The maximum absolute atomic E-state index is 5.36. The summed E-state index contributed by atoms with van der Waals surface area (Å²) < 4.78 is 5.36. The molecule has 17 heavy (non-hydrogen) atoms. The van der Waals surface area contributed by atoms with Gasteiger partial charge in [-0.1, -0.05) is 19.4 Å². The predicted octanol–water partition coefficient (Wildman–Crippen LogP) is 2.97. The highest BCUT2D eigenvalue weighted by molar-refractivity contribution is 5.58. The number of rotatable bonds is 7. The summed E-state index contributed by atoms with van der Waals surface area (Å²) in [5.74, 6) is 0.920. The Balaban J connectivity index is 2.75. The van der Waals surface area contributed by atoms with E-state index >= 15 is 0 Å². The zero-order valence-electron chi connectivity index (χ0n) is 11.4. The minimum Gasteiger partial charge on any atom is -0.495 e. The first-order valence-electron chi connectivity index (χ1n) is 6.23. The van der Waals surface area contributed by atoms with E-state index in [1.165, 1.54) is 18.4 Å². The highest BCUT2D eigenvalue weighted by atomic mass is 16.5. The van der Waals surface area contributed by atoms with E-state index in [0.717, 1.165) is 24.5 Å². The molecule has 3 heteroatoms. The van der Waals surface area contributed by atoms with Crippen molar-refractivity contribution in [3.05, 3.63) is 23.8 Å². The lowest BCUT2D eigenvalue weighted by Crippen LogP contribution is -2.11. The normalized spacial score (nSPS) is 10.6. The predicted molar refractivity (Wildman–Crippen MR) is 73.8 cm³/mol. The number of hydrogen-bond donors (Lipinski definition) is 1. The summed E-state index contributed by atoms with van der Waals surface area (Å²) in [6, 6.07) is 6.32. The van der Waals surface area contributed by atoms with E-state index in [2.05, 4.69) is 43.4 Å². The standard InChI is InChI=1S/C14H24N2O/c1-5-6-9-15-13-10-12(11-16(2)3)7-8-14(13)17-4/h7-8,10,15H,5-6,9,11H2,1-4H3. The number of anilines is 1. The van der Waals surface area contributed by atoms with Gasteiger partial charge in [-0.3, -0.25) is 0 Å². The Kier molecular flexibility index (Phi) is 5.84. The smallest absolute Gasteiger partial charge is 0.141 e. The van der Waals surface area contributed by atoms with Crippen LogP contribution < -0.4 is 10.1 Å². The lowest BCUT2D eigenvalue weighted by molar-refractivity contribution is 0.400. The molecule has 0 radical (unpaired) electrons. The van der Waals surface area contributed by atoms with Gasteiger partial charge in [-0.25, -0.2) is 0 Å². The second-order valence-electron chi connectivity index (χ2n) is 4.55. The molecule has 0 heterocycles. The van der Waals surface area contributed by atoms with Crippen LogP contribution in [0, 0.1) is 0 Å². The molecule has 0 fully saturated rings. The van der Waals surface area contributed by atoms with E-state index in [1.807, 2.05) is 6.07 Å². The van der Waals surface area contributed by atoms with Crippen molar-refractivity contribution >= 4 is 5.69 Å². The third-order valence-electron chi connectivity index (χ3n) is 2.61. The number of nitrogens with one attached hydrogen (secondary N) is 1. The highest BCUT2D eigenvalue weighted by Gasteiger charge is 2.04. The minimum atomic E-state index is 0.920. The van der Waals surface area contributed by atoms with Gasteiger partial charge in [0.25, 0.3) is 0 Å². The number of benzene rings is 1. The molecule has 1 aromatic rings. The molecule has 0 unspecified atom stereocenters. The molecule has 0 aliphatic heterocycles. The van der Waals surface area contributed by atoms with Crippen molar-refractivity contribution in [2.24, 2.45) is 0 Å². The Morgan fingerprint density at radius 2 is 2.06 bits per heavy atom. The second kappa shape index (κ2) is 7.17. The number of ether oxygens (including phenoxy) is 1. The van der Waals surface area contributed by atoms with Crippen molar-refractivity contribution in [2.75, 3.05) is 33.1 Å². The summed E-state index contributed by atoms with van der Waals surface area (Å²) in [4.78, 5) is 2.16. The summed E-state index contributed by atoms with van der Waals surface area (Å²) in [6.07, 6.45) is 2.38. The van der Waals surface area contributed by atoms with Crippen LogP contribution in [0.1, 0.15) is 25.3 Å². The fraction of sp³-hybridized carbons (Fsp3) is 0.571. The molecule has 0 spiro atoms. The number of nitrogens with zero attached hydrogens (tertiary/aromatic N) is 1. The van der Waals surface area contributed by atoms with E-state index in [4.69, 9.17) is 4.74 Å². The topological polar surface area (TPSA) is 24.5 Å². The van der Waals surface area contributed by atoms with Crippen molar-refractivity contribution in [2.45, 2.75) is 26.3 Å². The van der Waals surface area contributed by atoms with Crippen LogP contribution in [0.3, 0.4) is 0 Å². The molecule has 0 amide bonds. The first-order valence-corrected chi connectivity index (χ1v) is 6.23. The van der Waals surface area contributed by atoms with Crippen LogP contribution in [0.15, 0.2) is 18.2 Å². The molecular weight excluding hydrogens is 212 g/mol. The highest BCUT2D eigenvalue weighted by Crippen LogP contribution is 2.25. The van der Waals surface area contributed by atoms with Crippen LogP contribution in [0.4, 0.5) is 5.69 Å². The average Bonchev–Trinajstić information content (AvgIpc) is 2.29. The summed E-state index contributed by atoms with van der Waals surface area (Å²) in [7, 11) is 5.87. The maximum atomic E-state index is 5.36. The average molecular weight is 236 g/mol. The summed E-state index contributed by atoms with van der Waals surface area (Å²) >= 11 is 0. The molecule has 0 saturated heterocycles. The lowest BCUT2D eigenvalue weighted by Gasteiger charge is -2.15. The largest absolute Gasteiger partial charge is 0.495 e. The SMILES string of the molecule is CCCCNc1cc(CN(C)C)ccc1OC. The van der Waals surface area contributed by atoms with Crippen LogP contribution in [0.5, 0.6) is 5.75 Å². The molecule has 0 aliphatic carbocycles. The van der Waals surface area contributed by atoms with Crippen LogP contribution in [-0.4, -0.2) is 32.6 Å². The lowest BCUT2D eigenvalue weighted by atomic mass is 10.1. The summed E-state index contributed by atoms with van der Waals surface area (Å²) in [5, 5.41) is 3.44. The second-order valence-corrected chi connectivity index (χ2v) is 4.55. The maximum Gasteiger partial charge on any atom is 0.141 e. The van der Waals surface area contributed by atoms with Gasteiger partial charge in [0.05, 0.1) is 12.8 Å². The van der Waals surface area contributed by atoms with Crippen molar-refractivity contribution in [3.8, 4) is 5.75 Å². The van der Waals surface area contributed by atoms with Crippen LogP contribution in [0.2, 0.25) is 0 Å². The van der Waals surface area contributed by atoms with Gasteiger partial charge in [0.1, 0.15) is 5.75 Å². The Morgan fingerprint density at radius 3 is 2.65 bits per heavy atom. The molecule has 0 bridgehead atoms. The fourth-order valence-corrected chi connectivity index (χ4v) is 1.76. The summed E-state index contributed by atoms with van der Waals surface area (Å²) in [6.45, 7) is 4.14. The van der Waals surface area contributed by atoms with Gasteiger partial charge in [-0.15, -0.1) is 0 Å². The van der Waals surface area contributed by atoms with Crippen molar-refractivity contribution in [1.29, 1.82) is 0 Å². The molecule has 0 atom stereocenters. The Morgan fingerprint density at radius 1 is 1.29 bits per heavy atom. The quantitative estimate of drug-likeness (QED) is 0.737. The summed E-state index contributed by atoms with van der Waals surface area (Å²) in [5.41, 5.74) is 2.40.